The maximum Gasteiger partial charge on any atom is 0.573 e. The van der Waals surface area contributed by atoms with E-state index in [1.165, 1.54) is 24.4 Å². The van der Waals surface area contributed by atoms with Crippen LogP contribution in [0, 0.1) is 6.92 Å². The van der Waals surface area contributed by atoms with Crippen molar-refractivity contribution in [1.82, 2.24) is 9.99 Å². The molecule has 0 aliphatic heterocycles. The highest BCUT2D eigenvalue weighted by Gasteiger charge is 2.31. The van der Waals surface area contributed by atoms with Crippen LogP contribution < -0.4 is 31.5 Å². The smallest absolute Gasteiger partial charge is 0.480 e. The molecule has 0 aliphatic rings. The van der Waals surface area contributed by atoms with Gasteiger partial charge in [-0.3, -0.25) is 14.4 Å². The van der Waals surface area contributed by atoms with Gasteiger partial charge in [0, 0.05) is 28.9 Å². The quantitative estimate of drug-likeness (QED) is 0.298. The Morgan fingerprint density at radius 3 is 2.55 bits per heavy atom. The average Bonchev–Trinajstić information content (AvgIpc) is 2.88. The van der Waals surface area contributed by atoms with E-state index in [2.05, 4.69) is 15.5 Å². The molecular formula is C27H28ClF3N4O5. The molecule has 40 heavy (non-hydrogen) atoms. The maximum absolute atomic E-state index is 13.1. The molecule has 4 N–H and O–H groups in total. The molecule has 0 spiro atoms. The number of carbonyl (C=O) groups is 2. The van der Waals surface area contributed by atoms with Gasteiger partial charge >= 0.3 is 6.36 Å². The molecule has 2 amide bonds. The number of rotatable bonds is 12. The molecule has 2 aromatic carbocycles. The summed E-state index contributed by atoms with van der Waals surface area (Å²) in [4.78, 5) is 37.4. The predicted octanol–water partition coefficient (Wildman–Crippen LogP) is 3.95. The zero-order valence-electron chi connectivity index (χ0n) is 21.7. The van der Waals surface area contributed by atoms with Gasteiger partial charge in [-0.05, 0) is 60.9 Å². The molecule has 1 atom stereocenters. The number of hydrogen-bond acceptors (Lipinski definition) is 6. The van der Waals surface area contributed by atoms with Crippen LogP contribution in [0.2, 0.25) is 5.02 Å². The van der Waals surface area contributed by atoms with Gasteiger partial charge in [-0.2, -0.15) is 0 Å². The fourth-order valence-corrected chi connectivity index (χ4v) is 3.95. The molecule has 1 heterocycles. The third-order valence-electron chi connectivity index (χ3n) is 5.81. The van der Waals surface area contributed by atoms with E-state index in [-0.39, 0.29) is 30.8 Å². The van der Waals surface area contributed by atoms with Gasteiger partial charge in [-0.15, -0.1) is 13.2 Å². The first-order valence-corrected chi connectivity index (χ1v) is 12.5. The van der Waals surface area contributed by atoms with E-state index in [0.717, 1.165) is 4.68 Å². The highest BCUT2D eigenvalue weighted by Crippen LogP contribution is 2.25. The van der Waals surface area contributed by atoms with Crippen LogP contribution in [-0.2, 0) is 29.1 Å². The largest absolute Gasteiger partial charge is 0.573 e. The number of hydrogen-bond donors (Lipinski definition) is 3. The molecule has 0 aliphatic carbocycles. The molecule has 3 aromatic rings. The molecule has 1 unspecified atom stereocenters. The summed E-state index contributed by atoms with van der Waals surface area (Å²) in [7, 11) is 0. The summed E-state index contributed by atoms with van der Waals surface area (Å²) in [5, 5.41) is 3.12. The molecule has 0 fully saturated rings. The van der Waals surface area contributed by atoms with E-state index < -0.39 is 29.8 Å². The molecule has 214 valence electrons. The van der Waals surface area contributed by atoms with Crippen molar-refractivity contribution in [3.63, 3.8) is 0 Å². The monoisotopic (exact) mass is 580 g/mol. The Morgan fingerprint density at radius 1 is 1.12 bits per heavy atom. The Morgan fingerprint density at radius 2 is 1.88 bits per heavy atom. The lowest BCUT2D eigenvalue weighted by Gasteiger charge is -2.18. The highest BCUT2D eigenvalue weighted by atomic mass is 35.5. The zero-order chi connectivity index (χ0) is 29.4. The number of alkyl halides is 3. The summed E-state index contributed by atoms with van der Waals surface area (Å²) < 4.78 is 48.3. The van der Waals surface area contributed by atoms with Crippen molar-refractivity contribution < 1.29 is 32.2 Å². The second-order valence-electron chi connectivity index (χ2n) is 8.81. The molecule has 1 aromatic heterocycles. The van der Waals surface area contributed by atoms with Crippen LogP contribution in [-0.4, -0.2) is 29.0 Å². The Kier molecular flexibility index (Phi) is 10.1. The summed E-state index contributed by atoms with van der Waals surface area (Å²) >= 11 is 6.10. The van der Waals surface area contributed by atoms with Gasteiger partial charge in [0.15, 0.2) is 6.10 Å². The van der Waals surface area contributed by atoms with E-state index in [1.54, 1.807) is 44.2 Å². The van der Waals surface area contributed by atoms with Crippen LogP contribution in [0.1, 0.15) is 35.6 Å². The third-order valence-corrected chi connectivity index (χ3v) is 6.04. The Balaban J connectivity index is 1.68. The van der Waals surface area contributed by atoms with Gasteiger partial charge < -0.3 is 25.9 Å². The number of amides is 2. The van der Waals surface area contributed by atoms with E-state index in [9.17, 15) is 27.6 Å². The first-order valence-electron chi connectivity index (χ1n) is 12.2. The number of benzene rings is 2. The summed E-state index contributed by atoms with van der Waals surface area (Å²) in [6, 6.07) is 11.7. The molecule has 0 saturated carbocycles. The Labute approximate surface area is 233 Å². The van der Waals surface area contributed by atoms with Gasteiger partial charge in [-0.25, -0.2) is 4.68 Å². The van der Waals surface area contributed by atoms with Gasteiger partial charge in [-0.1, -0.05) is 30.7 Å². The minimum atomic E-state index is -4.82. The lowest BCUT2D eigenvalue weighted by Crippen LogP contribution is -2.35. The third kappa shape index (κ3) is 8.67. The number of aryl methyl sites for hydroxylation is 1. The number of pyridine rings is 1. The minimum absolute atomic E-state index is 0.0125. The molecule has 0 bridgehead atoms. The minimum Gasteiger partial charge on any atom is -0.480 e. The molecule has 0 radical (unpaired) electrons. The van der Waals surface area contributed by atoms with Crippen molar-refractivity contribution in [3.8, 4) is 11.5 Å². The highest BCUT2D eigenvalue weighted by molar-refractivity contribution is 6.30. The van der Waals surface area contributed by atoms with Crippen LogP contribution in [0.15, 0.2) is 59.5 Å². The van der Waals surface area contributed by atoms with Crippen LogP contribution in [0.25, 0.3) is 0 Å². The average molecular weight is 581 g/mol. The number of nitrogens with one attached hydrogen (secondary N) is 2. The standard InChI is InChI=1S/C27H28ClF3N4O5/c1-3-22(25(32)37)39-23-8-7-19(28)12-18(23)15-33-24(36)13-21-16(2)9-10-35(26(21)38)34-14-17-5-4-6-20(11-17)40-27(29,30)31/h4-12,22,34H,3,13-15H2,1-2H3,(H2,32,37)(H,33,36). The van der Waals surface area contributed by atoms with Gasteiger partial charge in [0.2, 0.25) is 5.91 Å². The van der Waals surface area contributed by atoms with Crippen molar-refractivity contribution in [2.45, 2.75) is 52.2 Å². The van der Waals surface area contributed by atoms with Crippen molar-refractivity contribution in [1.29, 1.82) is 0 Å². The number of ether oxygens (including phenoxy) is 2. The zero-order valence-corrected chi connectivity index (χ0v) is 22.4. The first-order chi connectivity index (χ1) is 18.9. The summed E-state index contributed by atoms with van der Waals surface area (Å²) in [6.07, 6.45) is -4.10. The number of nitrogens with two attached hydrogens (primary N) is 1. The molecular weight excluding hydrogens is 553 g/mol. The van der Waals surface area contributed by atoms with Gasteiger partial charge in [0.1, 0.15) is 11.5 Å². The predicted molar refractivity (Wildman–Crippen MR) is 143 cm³/mol. The van der Waals surface area contributed by atoms with E-state index in [1.807, 2.05) is 0 Å². The normalized spacial score (nSPS) is 11.9. The second-order valence-corrected chi connectivity index (χ2v) is 9.24. The van der Waals surface area contributed by atoms with Crippen LogP contribution >= 0.6 is 11.6 Å². The molecule has 3 rings (SSSR count). The number of primary amides is 1. The Hall–Kier alpha value is -4.19. The Bertz CT molecular complexity index is 1430. The maximum atomic E-state index is 13.1. The van der Waals surface area contributed by atoms with Crippen LogP contribution in [0.5, 0.6) is 11.5 Å². The fraction of sp³-hybridized carbons (Fsp3) is 0.296. The van der Waals surface area contributed by atoms with E-state index >= 15 is 0 Å². The first kappa shape index (κ1) is 30.4. The number of carbonyl (C=O) groups excluding carboxylic acids is 2. The van der Waals surface area contributed by atoms with Crippen molar-refractivity contribution >= 4 is 23.4 Å². The topological polar surface area (TPSA) is 125 Å². The summed E-state index contributed by atoms with van der Waals surface area (Å²) in [5.41, 5.74) is 9.47. The number of halogens is 4. The molecule has 9 nitrogen and oxygen atoms in total. The van der Waals surface area contributed by atoms with Crippen LogP contribution in [0.4, 0.5) is 13.2 Å². The second kappa shape index (κ2) is 13.2. The van der Waals surface area contributed by atoms with Gasteiger partial charge in [0.25, 0.3) is 11.5 Å². The lowest BCUT2D eigenvalue weighted by molar-refractivity contribution is -0.274. The van der Waals surface area contributed by atoms with Crippen molar-refractivity contribution in [2.24, 2.45) is 5.73 Å². The van der Waals surface area contributed by atoms with Crippen molar-refractivity contribution in [2.75, 3.05) is 5.43 Å². The summed E-state index contributed by atoms with van der Waals surface area (Å²) in [5.74, 6) is -1.13. The molecule has 13 heteroatoms. The van der Waals surface area contributed by atoms with E-state index in [0.29, 0.717) is 33.9 Å². The molecule has 0 saturated heterocycles. The van der Waals surface area contributed by atoms with Gasteiger partial charge in [0.05, 0.1) is 13.0 Å². The SMILES string of the molecule is CCC(Oc1ccc(Cl)cc1CNC(=O)Cc1c(C)ccn(NCc2cccc(OC(F)(F)F)c2)c1=O)C(N)=O. The lowest BCUT2D eigenvalue weighted by atomic mass is 10.1. The summed E-state index contributed by atoms with van der Waals surface area (Å²) in [6.45, 7) is 3.46. The fourth-order valence-electron chi connectivity index (χ4n) is 3.75. The number of nitrogens with zero attached hydrogens (tertiary/aromatic N) is 1. The number of aromatic nitrogens is 1. The van der Waals surface area contributed by atoms with E-state index in [4.69, 9.17) is 22.1 Å². The van der Waals surface area contributed by atoms with Crippen molar-refractivity contribution in [3.05, 3.63) is 92.4 Å². The van der Waals surface area contributed by atoms with Crippen LogP contribution in [0.3, 0.4) is 0 Å².